The van der Waals surface area contributed by atoms with Crippen LogP contribution in [0.3, 0.4) is 0 Å². The molecular weight excluding hydrogens is 325 g/mol. The van der Waals surface area contributed by atoms with E-state index in [-0.39, 0.29) is 36.3 Å². The molecular formula is C15H23ClFN3O3. The van der Waals surface area contributed by atoms with Crippen molar-refractivity contribution in [2.45, 2.75) is 6.42 Å². The van der Waals surface area contributed by atoms with Crippen molar-refractivity contribution >= 4 is 24.2 Å². The van der Waals surface area contributed by atoms with Crippen LogP contribution in [-0.4, -0.2) is 51.7 Å². The number of carbonyl (C=O) groups excluding carboxylic acids is 2. The second-order valence-corrected chi connectivity index (χ2v) is 4.64. The number of carbonyl (C=O) groups is 2. The summed E-state index contributed by atoms with van der Waals surface area (Å²) in [5.41, 5.74) is 0.284. The summed E-state index contributed by atoms with van der Waals surface area (Å²) < 4.78 is 17.8. The lowest BCUT2D eigenvalue weighted by Crippen LogP contribution is -2.36. The Bertz CT molecular complexity index is 489. The van der Waals surface area contributed by atoms with Gasteiger partial charge in [0, 0.05) is 32.3 Å². The van der Waals surface area contributed by atoms with Gasteiger partial charge in [0.15, 0.2) is 0 Å². The van der Waals surface area contributed by atoms with Crippen LogP contribution in [0.25, 0.3) is 0 Å². The molecule has 0 aliphatic carbocycles. The fraction of sp³-hybridized carbons (Fsp3) is 0.467. The minimum absolute atomic E-state index is 0. The van der Waals surface area contributed by atoms with Crippen molar-refractivity contribution in [2.75, 3.05) is 39.9 Å². The zero-order chi connectivity index (χ0) is 16.2. The fourth-order valence-corrected chi connectivity index (χ4v) is 1.69. The third-order valence-electron chi connectivity index (χ3n) is 2.82. The number of hydrogen-bond acceptors (Lipinski definition) is 4. The third kappa shape index (κ3) is 9.83. The van der Waals surface area contributed by atoms with E-state index in [1.165, 1.54) is 18.2 Å². The van der Waals surface area contributed by atoms with Crippen LogP contribution in [-0.2, 0) is 9.53 Å². The van der Waals surface area contributed by atoms with Gasteiger partial charge in [0.1, 0.15) is 5.82 Å². The SMILES string of the molecule is COCCNCC(=O)NCCCNC(=O)c1cccc(F)c1.Cl. The number of methoxy groups -OCH3 is 1. The van der Waals surface area contributed by atoms with Crippen LogP contribution < -0.4 is 16.0 Å². The molecule has 3 N–H and O–H groups in total. The summed E-state index contributed by atoms with van der Waals surface area (Å²) in [6.45, 7) is 2.28. The number of amides is 2. The molecule has 6 nitrogen and oxygen atoms in total. The summed E-state index contributed by atoms with van der Waals surface area (Å²) >= 11 is 0. The molecule has 0 aliphatic rings. The van der Waals surface area contributed by atoms with E-state index in [0.717, 1.165) is 0 Å². The lowest BCUT2D eigenvalue weighted by Gasteiger charge is -2.07. The van der Waals surface area contributed by atoms with Gasteiger partial charge in [0.2, 0.25) is 5.91 Å². The maximum Gasteiger partial charge on any atom is 0.251 e. The Morgan fingerprint density at radius 2 is 1.91 bits per heavy atom. The maximum absolute atomic E-state index is 13.0. The summed E-state index contributed by atoms with van der Waals surface area (Å²) in [5, 5.41) is 8.33. The Labute approximate surface area is 141 Å². The van der Waals surface area contributed by atoms with Crippen molar-refractivity contribution in [3.63, 3.8) is 0 Å². The van der Waals surface area contributed by atoms with Crippen LogP contribution in [0.15, 0.2) is 24.3 Å². The molecule has 0 fully saturated rings. The van der Waals surface area contributed by atoms with Crippen LogP contribution in [0.4, 0.5) is 4.39 Å². The van der Waals surface area contributed by atoms with E-state index in [9.17, 15) is 14.0 Å². The van der Waals surface area contributed by atoms with Crippen LogP contribution in [0, 0.1) is 5.82 Å². The molecule has 0 bridgehead atoms. The van der Waals surface area contributed by atoms with Gasteiger partial charge in [0.25, 0.3) is 5.91 Å². The second kappa shape index (κ2) is 12.8. The summed E-state index contributed by atoms with van der Waals surface area (Å²) in [6.07, 6.45) is 0.602. The van der Waals surface area contributed by atoms with E-state index >= 15 is 0 Å². The Balaban J connectivity index is 0.00000484. The highest BCUT2D eigenvalue weighted by molar-refractivity contribution is 5.94. The molecule has 0 saturated heterocycles. The molecule has 0 unspecified atom stereocenters. The Morgan fingerprint density at radius 1 is 1.17 bits per heavy atom. The number of hydrogen-bond donors (Lipinski definition) is 3. The molecule has 1 aromatic rings. The van der Waals surface area contributed by atoms with E-state index < -0.39 is 5.82 Å². The maximum atomic E-state index is 13.0. The first-order valence-electron chi connectivity index (χ1n) is 7.13. The van der Waals surface area contributed by atoms with Gasteiger partial charge in [-0.2, -0.15) is 0 Å². The highest BCUT2D eigenvalue weighted by atomic mass is 35.5. The molecule has 0 aromatic heterocycles. The second-order valence-electron chi connectivity index (χ2n) is 4.64. The Hall–Kier alpha value is -1.70. The number of ether oxygens (including phenoxy) is 1. The van der Waals surface area contributed by atoms with Gasteiger partial charge in [-0.25, -0.2) is 4.39 Å². The van der Waals surface area contributed by atoms with Crippen molar-refractivity contribution in [3.05, 3.63) is 35.6 Å². The van der Waals surface area contributed by atoms with Gasteiger partial charge in [-0.1, -0.05) is 6.07 Å². The van der Waals surface area contributed by atoms with E-state index in [1.807, 2.05) is 0 Å². The first-order chi connectivity index (χ1) is 10.6. The summed E-state index contributed by atoms with van der Waals surface area (Å²) in [5.74, 6) is -0.875. The molecule has 23 heavy (non-hydrogen) atoms. The number of nitrogens with one attached hydrogen (secondary N) is 3. The number of rotatable bonds is 10. The highest BCUT2D eigenvalue weighted by Gasteiger charge is 2.05. The zero-order valence-corrected chi connectivity index (χ0v) is 13.9. The average Bonchev–Trinajstić information content (AvgIpc) is 2.51. The molecule has 0 heterocycles. The molecule has 8 heteroatoms. The van der Waals surface area contributed by atoms with Crippen LogP contribution >= 0.6 is 12.4 Å². The predicted octanol–water partition coefficient (Wildman–Crippen LogP) is 0.720. The molecule has 0 radical (unpaired) electrons. The first-order valence-corrected chi connectivity index (χ1v) is 7.13. The molecule has 0 aliphatic heterocycles. The van der Waals surface area contributed by atoms with Crippen LogP contribution in [0.1, 0.15) is 16.8 Å². The van der Waals surface area contributed by atoms with Crippen molar-refractivity contribution < 1.29 is 18.7 Å². The summed E-state index contributed by atoms with van der Waals surface area (Å²) in [4.78, 5) is 23.1. The molecule has 1 aromatic carbocycles. The van der Waals surface area contributed by atoms with Crippen molar-refractivity contribution in [1.29, 1.82) is 0 Å². The minimum atomic E-state index is -0.444. The first kappa shape index (κ1) is 21.3. The van der Waals surface area contributed by atoms with Crippen LogP contribution in [0.5, 0.6) is 0 Å². The predicted molar refractivity (Wildman–Crippen MR) is 88.4 cm³/mol. The van der Waals surface area contributed by atoms with Gasteiger partial charge in [-0.05, 0) is 24.6 Å². The Morgan fingerprint density at radius 3 is 2.61 bits per heavy atom. The molecule has 0 spiro atoms. The minimum Gasteiger partial charge on any atom is -0.383 e. The van der Waals surface area contributed by atoms with E-state index in [0.29, 0.717) is 32.7 Å². The molecule has 0 saturated carbocycles. The Kier molecular flexibility index (Phi) is 11.9. The van der Waals surface area contributed by atoms with Gasteiger partial charge in [-0.15, -0.1) is 12.4 Å². The lowest BCUT2D eigenvalue weighted by molar-refractivity contribution is -0.120. The van der Waals surface area contributed by atoms with Crippen molar-refractivity contribution in [3.8, 4) is 0 Å². The summed E-state index contributed by atoms with van der Waals surface area (Å²) in [6, 6.07) is 5.50. The van der Waals surface area contributed by atoms with E-state index in [2.05, 4.69) is 16.0 Å². The highest BCUT2D eigenvalue weighted by Crippen LogP contribution is 2.02. The summed E-state index contributed by atoms with van der Waals surface area (Å²) in [7, 11) is 1.60. The van der Waals surface area contributed by atoms with Crippen molar-refractivity contribution in [1.82, 2.24) is 16.0 Å². The van der Waals surface area contributed by atoms with Gasteiger partial charge >= 0.3 is 0 Å². The van der Waals surface area contributed by atoms with Crippen molar-refractivity contribution in [2.24, 2.45) is 0 Å². The average molecular weight is 348 g/mol. The number of benzene rings is 1. The molecule has 1 rings (SSSR count). The molecule has 2 amide bonds. The van der Waals surface area contributed by atoms with Crippen LogP contribution in [0.2, 0.25) is 0 Å². The van der Waals surface area contributed by atoms with Gasteiger partial charge < -0.3 is 20.7 Å². The molecule has 130 valence electrons. The monoisotopic (exact) mass is 347 g/mol. The standard InChI is InChI=1S/C15H22FN3O3.ClH/c1-22-9-8-17-11-14(20)18-6-3-7-19-15(21)12-4-2-5-13(16)10-12;/h2,4-5,10,17H,3,6-9,11H2,1H3,(H,18,20)(H,19,21);1H. The largest absolute Gasteiger partial charge is 0.383 e. The topological polar surface area (TPSA) is 79.5 Å². The number of halogens is 2. The van der Waals surface area contributed by atoms with E-state index in [4.69, 9.17) is 4.74 Å². The van der Waals surface area contributed by atoms with Gasteiger partial charge in [-0.3, -0.25) is 9.59 Å². The molecule has 0 atom stereocenters. The zero-order valence-electron chi connectivity index (χ0n) is 13.1. The van der Waals surface area contributed by atoms with E-state index in [1.54, 1.807) is 13.2 Å². The van der Waals surface area contributed by atoms with Gasteiger partial charge in [0.05, 0.1) is 13.2 Å². The quantitative estimate of drug-likeness (QED) is 0.545. The smallest absolute Gasteiger partial charge is 0.251 e. The lowest BCUT2D eigenvalue weighted by atomic mass is 10.2. The normalized spacial score (nSPS) is 9.83. The fourth-order valence-electron chi connectivity index (χ4n) is 1.69. The third-order valence-corrected chi connectivity index (χ3v) is 2.82.